The Hall–Kier alpha value is -0.0969. The molecule has 0 amide bonds. The van der Waals surface area contributed by atoms with Gasteiger partial charge in [0.05, 0.1) is 0 Å². The minimum absolute atomic E-state index is 0. The van der Waals surface area contributed by atoms with Crippen molar-refractivity contribution in [1.29, 1.82) is 0 Å². The van der Waals surface area contributed by atoms with Crippen LogP contribution in [0.15, 0.2) is 18.2 Å². The van der Waals surface area contributed by atoms with Gasteiger partial charge in [0.2, 0.25) is 0 Å². The molecule has 30 heavy (non-hydrogen) atoms. The molecule has 2 fully saturated rings. The second-order valence-electron chi connectivity index (χ2n) is 9.70. The summed E-state index contributed by atoms with van der Waals surface area (Å²) in [5.74, 6) is 1.61. The van der Waals surface area contributed by atoms with Crippen LogP contribution in [-0.4, -0.2) is 0 Å². The molecule has 2 saturated carbocycles. The topological polar surface area (TPSA) is 0 Å². The van der Waals surface area contributed by atoms with Crippen molar-refractivity contribution in [2.24, 2.45) is 0 Å². The van der Waals surface area contributed by atoms with Crippen LogP contribution in [0, 0.1) is 13.8 Å². The van der Waals surface area contributed by atoms with Gasteiger partial charge in [-0.1, -0.05) is 0 Å². The summed E-state index contributed by atoms with van der Waals surface area (Å²) < 4.78 is 1.67. The van der Waals surface area contributed by atoms with Crippen LogP contribution in [0.3, 0.4) is 0 Å². The number of fused-ring (bicyclic) bond motifs is 3. The molecule has 0 heterocycles. The van der Waals surface area contributed by atoms with Crippen molar-refractivity contribution in [2.45, 2.75) is 96.3 Å². The molecule has 2 aromatic rings. The summed E-state index contributed by atoms with van der Waals surface area (Å²) in [4.78, 5) is 0. The van der Waals surface area contributed by atoms with Crippen LogP contribution in [0.2, 0.25) is 0 Å². The van der Waals surface area contributed by atoms with Crippen molar-refractivity contribution in [3.8, 4) is 11.1 Å². The van der Waals surface area contributed by atoms with Gasteiger partial charge in [-0.3, -0.25) is 0 Å². The van der Waals surface area contributed by atoms with Crippen LogP contribution in [0.5, 0.6) is 0 Å². The second kappa shape index (κ2) is 10.2. The summed E-state index contributed by atoms with van der Waals surface area (Å²) in [6, 6.07) is 7.81. The zero-order chi connectivity index (χ0) is 19.3. The molecule has 3 aliphatic rings. The van der Waals surface area contributed by atoms with E-state index in [9.17, 15) is 0 Å². The van der Waals surface area contributed by atoms with E-state index < -0.39 is 0 Å². The molecule has 0 unspecified atom stereocenters. The Morgan fingerprint density at radius 2 is 1.23 bits per heavy atom. The van der Waals surface area contributed by atoms with Gasteiger partial charge >= 0.3 is 187 Å². The fourth-order valence-electron chi connectivity index (χ4n) is 6.34. The average Bonchev–Trinajstić information content (AvgIpc) is 3.08. The minimum atomic E-state index is 0. The van der Waals surface area contributed by atoms with Gasteiger partial charge in [0.1, 0.15) is 0 Å². The number of benzene rings is 2. The molecule has 0 saturated heterocycles. The summed E-state index contributed by atoms with van der Waals surface area (Å²) in [5.41, 5.74) is 13.0. The normalized spacial score (nSPS) is 18.9. The SMILES string of the molecule is Cc1cc2c(cc1C1CCCCC1)-c1cc(C3CCCCC3)c(C)[c]([Zr+2])c1C2.[Cl-].[Cl-]. The first kappa shape index (κ1) is 24.5. The Labute approximate surface area is 210 Å². The van der Waals surface area contributed by atoms with E-state index in [2.05, 4.69) is 32.0 Å². The second-order valence-corrected chi connectivity index (χ2v) is 10.9. The van der Waals surface area contributed by atoms with Gasteiger partial charge in [-0.25, -0.2) is 0 Å². The molecule has 3 heteroatoms. The summed E-state index contributed by atoms with van der Waals surface area (Å²) in [7, 11) is 0. The standard InChI is InChI=1S/C27H33.2ClH.Zr/c1-18-13-22-15-23-14-19(2)25(21-11-7-4-8-12-21)17-27(23)26(22)16-24(18)20-9-5-3-6-10-20;;;/h13,16-17,20-21H,3-12,15H2,1-2H3;2*1H;/q;;;+2/p-2. The maximum absolute atomic E-state index is 2.64. The third-order valence-electron chi connectivity index (χ3n) is 7.97. The first-order valence-electron chi connectivity index (χ1n) is 11.6. The molecule has 0 aromatic heterocycles. The van der Waals surface area contributed by atoms with Gasteiger partial charge < -0.3 is 24.8 Å². The van der Waals surface area contributed by atoms with Crippen LogP contribution < -0.4 is 28.1 Å². The molecule has 0 radical (unpaired) electrons. The largest absolute Gasteiger partial charge is 1.00 e. The maximum Gasteiger partial charge on any atom is -1.00 e. The van der Waals surface area contributed by atoms with Gasteiger partial charge in [-0.05, 0) is 0 Å². The number of hydrogen-bond acceptors (Lipinski definition) is 0. The van der Waals surface area contributed by atoms with Crippen molar-refractivity contribution in [1.82, 2.24) is 0 Å². The van der Waals surface area contributed by atoms with Crippen LogP contribution >= 0.6 is 0 Å². The maximum atomic E-state index is 2.64. The molecular formula is C27H33Cl2Zr. The van der Waals surface area contributed by atoms with Gasteiger partial charge in [-0.15, -0.1) is 0 Å². The molecular weight excluding hydrogens is 486 g/mol. The Bertz CT molecular complexity index is 906. The van der Waals surface area contributed by atoms with E-state index in [0.29, 0.717) is 0 Å². The summed E-state index contributed by atoms with van der Waals surface area (Å²) in [6.07, 6.45) is 15.4. The van der Waals surface area contributed by atoms with Crippen molar-refractivity contribution >= 4 is 3.27 Å². The van der Waals surface area contributed by atoms with E-state index in [-0.39, 0.29) is 24.8 Å². The third kappa shape index (κ3) is 4.38. The molecule has 0 spiro atoms. The zero-order valence-electron chi connectivity index (χ0n) is 18.4. The quantitative estimate of drug-likeness (QED) is 0.477. The molecule has 159 valence electrons. The Kier molecular flexibility index (Phi) is 8.37. The smallest absolute Gasteiger partial charge is 1.00 e. The summed E-state index contributed by atoms with van der Waals surface area (Å²) in [6.45, 7) is 4.78. The first-order valence-corrected chi connectivity index (χ1v) is 12.9. The molecule has 0 atom stereocenters. The molecule has 3 aliphatic carbocycles. The monoisotopic (exact) mass is 517 g/mol. The predicted octanol–water partition coefficient (Wildman–Crippen LogP) is 1.15. The fraction of sp³-hybridized carbons (Fsp3) is 0.556. The van der Waals surface area contributed by atoms with E-state index in [1.807, 2.05) is 0 Å². The third-order valence-corrected chi connectivity index (χ3v) is 9.64. The summed E-state index contributed by atoms with van der Waals surface area (Å²) in [5, 5.41) is 0. The Balaban J connectivity index is 0.00000128. The van der Waals surface area contributed by atoms with Crippen molar-refractivity contribution < 1.29 is 49.5 Å². The van der Waals surface area contributed by atoms with E-state index in [1.54, 1.807) is 72.5 Å². The van der Waals surface area contributed by atoms with Crippen molar-refractivity contribution in [3.63, 3.8) is 0 Å². The molecule has 0 N–H and O–H groups in total. The van der Waals surface area contributed by atoms with Gasteiger partial charge in [-0.2, -0.15) is 0 Å². The molecule has 0 aliphatic heterocycles. The van der Waals surface area contributed by atoms with E-state index in [4.69, 9.17) is 0 Å². The van der Waals surface area contributed by atoms with Crippen molar-refractivity contribution in [3.05, 3.63) is 51.6 Å². The molecule has 0 nitrogen and oxygen atoms in total. The van der Waals surface area contributed by atoms with Crippen LogP contribution in [0.4, 0.5) is 0 Å². The van der Waals surface area contributed by atoms with E-state index >= 15 is 0 Å². The molecule has 5 rings (SSSR count). The Morgan fingerprint density at radius 3 is 1.83 bits per heavy atom. The summed E-state index contributed by atoms with van der Waals surface area (Å²) >= 11 is 1.61. The first-order chi connectivity index (χ1) is 13.6. The molecule has 2 aromatic carbocycles. The fourth-order valence-corrected chi connectivity index (χ4v) is 7.25. The number of aryl methyl sites for hydroxylation is 1. The zero-order valence-corrected chi connectivity index (χ0v) is 22.4. The predicted molar refractivity (Wildman–Crippen MR) is 115 cm³/mol. The van der Waals surface area contributed by atoms with Crippen molar-refractivity contribution in [2.75, 3.05) is 0 Å². The number of rotatable bonds is 2. The van der Waals surface area contributed by atoms with Crippen LogP contribution in [0.1, 0.15) is 109 Å². The van der Waals surface area contributed by atoms with Gasteiger partial charge in [0, 0.05) is 0 Å². The van der Waals surface area contributed by atoms with Gasteiger partial charge in [0.15, 0.2) is 0 Å². The number of hydrogen-bond donors (Lipinski definition) is 0. The van der Waals surface area contributed by atoms with Crippen LogP contribution in [0.25, 0.3) is 11.1 Å². The average molecular weight is 520 g/mol. The van der Waals surface area contributed by atoms with Crippen LogP contribution in [-0.2, 0) is 31.1 Å². The minimum Gasteiger partial charge on any atom is -1.00 e. The number of halogens is 2. The van der Waals surface area contributed by atoms with E-state index in [1.165, 1.54) is 70.6 Å². The molecule has 0 bridgehead atoms. The van der Waals surface area contributed by atoms with Gasteiger partial charge in [0.25, 0.3) is 0 Å². The Morgan fingerprint density at radius 1 is 0.700 bits per heavy atom. The van der Waals surface area contributed by atoms with E-state index in [0.717, 1.165) is 11.8 Å².